The Labute approximate surface area is 101 Å². The van der Waals surface area contributed by atoms with Gasteiger partial charge in [0.05, 0.1) is 18.2 Å². The van der Waals surface area contributed by atoms with Crippen LogP contribution in [0.1, 0.15) is 25.8 Å². The second-order valence-electron chi connectivity index (χ2n) is 4.21. The summed E-state index contributed by atoms with van der Waals surface area (Å²) in [5.41, 5.74) is 6.22. The van der Waals surface area contributed by atoms with E-state index in [9.17, 15) is 4.39 Å². The third kappa shape index (κ3) is 3.74. The van der Waals surface area contributed by atoms with Crippen LogP contribution in [0, 0.1) is 5.82 Å². The van der Waals surface area contributed by atoms with Crippen molar-refractivity contribution in [2.75, 3.05) is 6.61 Å². The van der Waals surface area contributed by atoms with Crippen molar-refractivity contribution in [1.29, 1.82) is 0 Å². The van der Waals surface area contributed by atoms with Crippen molar-refractivity contribution in [3.63, 3.8) is 0 Å². The fourth-order valence-corrected chi connectivity index (χ4v) is 1.34. The van der Waals surface area contributed by atoms with E-state index in [4.69, 9.17) is 22.1 Å². The van der Waals surface area contributed by atoms with Gasteiger partial charge in [0.1, 0.15) is 5.82 Å². The topological polar surface area (TPSA) is 35.2 Å². The lowest BCUT2D eigenvalue weighted by atomic mass is 10.0. The zero-order valence-electron chi connectivity index (χ0n) is 9.59. The van der Waals surface area contributed by atoms with Gasteiger partial charge in [-0.15, -0.1) is 0 Å². The van der Waals surface area contributed by atoms with E-state index in [0.717, 1.165) is 6.42 Å². The molecule has 2 nitrogen and oxygen atoms in total. The zero-order chi connectivity index (χ0) is 12.2. The van der Waals surface area contributed by atoms with Gasteiger partial charge >= 0.3 is 0 Å². The van der Waals surface area contributed by atoms with Gasteiger partial charge < -0.3 is 10.5 Å². The maximum Gasteiger partial charge on any atom is 0.142 e. The van der Waals surface area contributed by atoms with Crippen molar-refractivity contribution in [2.24, 2.45) is 5.73 Å². The quantitative estimate of drug-likeness (QED) is 0.865. The number of hydrogen-bond donors (Lipinski definition) is 1. The van der Waals surface area contributed by atoms with Crippen molar-refractivity contribution in [3.8, 4) is 0 Å². The Bertz CT molecular complexity index is 355. The molecule has 0 aliphatic heterocycles. The molecule has 1 atom stereocenters. The van der Waals surface area contributed by atoms with Gasteiger partial charge in [-0.05, 0) is 25.0 Å². The molecule has 0 aliphatic carbocycles. The summed E-state index contributed by atoms with van der Waals surface area (Å²) in [5.74, 6) is -0.422. The van der Waals surface area contributed by atoms with Crippen LogP contribution in [0.5, 0.6) is 0 Å². The van der Waals surface area contributed by atoms with Crippen LogP contribution < -0.4 is 5.73 Å². The van der Waals surface area contributed by atoms with Gasteiger partial charge in [-0.3, -0.25) is 0 Å². The molecule has 2 N–H and O–H groups in total. The maximum absolute atomic E-state index is 13.1. The third-order valence-electron chi connectivity index (χ3n) is 2.53. The molecule has 16 heavy (non-hydrogen) atoms. The molecule has 0 aliphatic rings. The molecule has 0 radical (unpaired) electrons. The van der Waals surface area contributed by atoms with E-state index in [1.807, 2.05) is 13.8 Å². The van der Waals surface area contributed by atoms with Crippen LogP contribution in [0.25, 0.3) is 0 Å². The summed E-state index contributed by atoms with van der Waals surface area (Å²) >= 11 is 5.79. The van der Waals surface area contributed by atoms with Gasteiger partial charge in [-0.25, -0.2) is 4.39 Å². The number of halogens is 2. The smallest absolute Gasteiger partial charge is 0.142 e. The lowest BCUT2D eigenvalue weighted by molar-refractivity contribution is 0.0776. The standard InChI is InChI=1S/C12H17ClFNO/c1-3-12(2,15)8-16-7-9-5-4-6-10(14)11(9)13/h4-6H,3,7-8,15H2,1-2H3. The minimum atomic E-state index is -0.422. The van der Waals surface area contributed by atoms with Gasteiger partial charge in [-0.1, -0.05) is 30.7 Å². The number of nitrogens with two attached hydrogens (primary N) is 1. The highest BCUT2D eigenvalue weighted by Crippen LogP contribution is 2.20. The second-order valence-corrected chi connectivity index (χ2v) is 4.59. The fraction of sp³-hybridized carbons (Fsp3) is 0.500. The highest BCUT2D eigenvalue weighted by atomic mass is 35.5. The SMILES string of the molecule is CCC(C)(N)COCc1cccc(F)c1Cl. The van der Waals surface area contributed by atoms with Crippen molar-refractivity contribution < 1.29 is 9.13 Å². The average Bonchev–Trinajstić information content (AvgIpc) is 2.24. The molecule has 1 rings (SSSR count). The molecule has 1 unspecified atom stereocenters. The third-order valence-corrected chi connectivity index (χ3v) is 2.95. The van der Waals surface area contributed by atoms with Crippen LogP contribution in [-0.4, -0.2) is 12.1 Å². The van der Waals surface area contributed by atoms with Crippen molar-refractivity contribution in [1.82, 2.24) is 0 Å². The van der Waals surface area contributed by atoms with E-state index in [1.54, 1.807) is 12.1 Å². The molecule has 0 bridgehead atoms. The van der Waals surface area contributed by atoms with E-state index in [-0.39, 0.29) is 17.2 Å². The van der Waals surface area contributed by atoms with Crippen LogP contribution in [0.2, 0.25) is 5.02 Å². The minimum Gasteiger partial charge on any atom is -0.375 e. The molecular formula is C12H17ClFNO. The normalized spacial score (nSPS) is 14.8. The summed E-state index contributed by atoms with van der Waals surface area (Å²) in [6.07, 6.45) is 0.823. The van der Waals surface area contributed by atoms with Gasteiger partial charge in [0, 0.05) is 5.54 Å². The van der Waals surface area contributed by atoms with Crippen LogP contribution in [0.15, 0.2) is 18.2 Å². The number of rotatable bonds is 5. The van der Waals surface area contributed by atoms with Crippen LogP contribution in [0.4, 0.5) is 4.39 Å². The lowest BCUT2D eigenvalue weighted by Crippen LogP contribution is -2.40. The molecule has 4 heteroatoms. The first-order valence-electron chi connectivity index (χ1n) is 5.26. The Hall–Kier alpha value is -0.640. The molecule has 1 aromatic rings. The summed E-state index contributed by atoms with van der Waals surface area (Å²) in [4.78, 5) is 0. The fourth-order valence-electron chi connectivity index (χ4n) is 1.16. The van der Waals surface area contributed by atoms with Crippen LogP contribution in [0.3, 0.4) is 0 Å². The molecule has 0 heterocycles. The average molecular weight is 246 g/mol. The van der Waals surface area contributed by atoms with Gasteiger partial charge in [0.2, 0.25) is 0 Å². The first-order chi connectivity index (χ1) is 7.46. The summed E-state index contributed by atoms with van der Waals surface area (Å²) in [5, 5.41) is 0.123. The van der Waals surface area contributed by atoms with Gasteiger partial charge in [0.15, 0.2) is 0 Å². The first kappa shape index (κ1) is 13.4. The van der Waals surface area contributed by atoms with Gasteiger partial charge in [0.25, 0.3) is 0 Å². The second kappa shape index (κ2) is 5.62. The Kier molecular flexibility index (Phi) is 4.71. The molecule has 1 aromatic carbocycles. The van der Waals surface area contributed by atoms with Crippen molar-refractivity contribution >= 4 is 11.6 Å². The molecule has 0 saturated carbocycles. The highest BCUT2D eigenvalue weighted by molar-refractivity contribution is 6.31. The number of hydrogen-bond acceptors (Lipinski definition) is 2. The predicted molar refractivity (Wildman–Crippen MR) is 63.9 cm³/mol. The van der Waals surface area contributed by atoms with Gasteiger partial charge in [-0.2, -0.15) is 0 Å². The van der Waals surface area contributed by atoms with Crippen molar-refractivity contribution in [3.05, 3.63) is 34.6 Å². The zero-order valence-corrected chi connectivity index (χ0v) is 10.4. The van der Waals surface area contributed by atoms with Crippen LogP contribution in [-0.2, 0) is 11.3 Å². The first-order valence-corrected chi connectivity index (χ1v) is 5.63. The lowest BCUT2D eigenvalue weighted by Gasteiger charge is -2.22. The Morgan fingerprint density at radius 1 is 1.50 bits per heavy atom. The van der Waals surface area contributed by atoms with E-state index in [2.05, 4.69) is 0 Å². The summed E-state index contributed by atoms with van der Waals surface area (Å²) in [6.45, 7) is 4.62. The summed E-state index contributed by atoms with van der Waals surface area (Å²) < 4.78 is 18.5. The van der Waals surface area contributed by atoms with Crippen LogP contribution >= 0.6 is 11.6 Å². The summed E-state index contributed by atoms with van der Waals surface area (Å²) in [6, 6.07) is 4.68. The minimum absolute atomic E-state index is 0.123. The Balaban J connectivity index is 2.53. The highest BCUT2D eigenvalue weighted by Gasteiger charge is 2.16. The number of benzene rings is 1. The molecule has 90 valence electrons. The molecular weight excluding hydrogens is 229 g/mol. The molecule has 0 aromatic heterocycles. The maximum atomic E-state index is 13.1. The predicted octanol–water partition coefficient (Wildman–Crippen LogP) is 3.12. The van der Waals surface area contributed by atoms with E-state index in [0.29, 0.717) is 12.2 Å². The van der Waals surface area contributed by atoms with E-state index in [1.165, 1.54) is 6.07 Å². The van der Waals surface area contributed by atoms with E-state index >= 15 is 0 Å². The Morgan fingerprint density at radius 3 is 2.81 bits per heavy atom. The summed E-state index contributed by atoms with van der Waals surface area (Å²) in [7, 11) is 0. The monoisotopic (exact) mass is 245 g/mol. The molecule has 0 spiro atoms. The molecule has 0 amide bonds. The molecule has 0 fully saturated rings. The number of ether oxygens (including phenoxy) is 1. The van der Waals surface area contributed by atoms with Crippen molar-refractivity contribution in [2.45, 2.75) is 32.4 Å². The van der Waals surface area contributed by atoms with E-state index < -0.39 is 5.82 Å². The largest absolute Gasteiger partial charge is 0.375 e. The Morgan fingerprint density at radius 2 is 2.19 bits per heavy atom. The molecule has 0 saturated heterocycles.